The van der Waals surface area contributed by atoms with Crippen molar-refractivity contribution >= 4 is 16.9 Å². The predicted octanol–water partition coefficient (Wildman–Crippen LogP) is 0.793. The van der Waals surface area contributed by atoms with E-state index in [1.54, 1.807) is 0 Å². The summed E-state index contributed by atoms with van der Waals surface area (Å²) in [5.41, 5.74) is 1.86. The van der Waals surface area contributed by atoms with Crippen LogP contribution in [0.15, 0.2) is 24.3 Å². The SMILES string of the molecule is O=C(NCc1nc2ccccc2[nH]1)[C@@H]1C[C@@H](O)CN1C1CCOCC1. The Morgan fingerprint density at radius 3 is 2.96 bits per heavy atom. The van der Waals surface area contributed by atoms with E-state index in [2.05, 4.69) is 20.2 Å². The van der Waals surface area contributed by atoms with Crippen molar-refractivity contribution in [2.75, 3.05) is 19.8 Å². The number of H-pyrrole nitrogens is 1. The van der Waals surface area contributed by atoms with Crippen LogP contribution in [-0.4, -0.2) is 63.8 Å². The maximum Gasteiger partial charge on any atom is 0.237 e. The van der Waals surface area contributed by atoms with Crippen molar-refractivity contribution in [2.45, 2.75) is 44.0 Å². The van der Waals surface area contributed by atoms with Gasteiger partial charge in [-0.15, -0.1) is 0 Å². The van der Waals surface area contributed by atoms with Crippen LogP contribution in [0.3, 0.4) is 0 Å². The number of likely N-dealkylation sites (tertiary alicyclic amines) is 1. The lowest BCUT2D eigenvalue weighted by atomic mass is 10.1. The number of amides is 1. The molecule has 7 nitrogen and oxygen atoms in total. The number of β-amino-alcohol motifs (C(OH)–C–C–N with tert-alkyl or cyclic N) is 1. The van der Waals surface area contributed by atoms with Gasteiger partial charge in [-0.1, -0.05) is 12.1 Å². The summed E-state index contributed by atoms with van der Waals surface area (Å²) in [4.78, 5) is 22.6. The molecule has 1 aromatic carbocycles. The summed E-state index contributed by atoms with van der Waals surface area (Å²) in [5, 5.41) is 13.0. The number of nitrogens with one attached hydrogen (secondary N) is 2. The summed E-state index contributed by atoms with van der Waals surface area (Å²) in [7, 11) is 0. The molecule has 0 radical (unpaired) electrons. The average Bonchev–Trinajstić information content (AvgIpc) is 3.23. The van der Waals surface area contributed by atoms with Crippen LogP contribution in [0, 0.1) is 0 Å². The first-order valence-corrected chi connectivity index (χ1v) is 8.93. The number of nitrogens with zero attached hydrogens (tertiary/aromatic N) is 2. The highest BCUT2D eigenvalue weighted by atomic mass is 16.5. The van der Waals surface area contributed by atoms with Crippen LogP contribution in [0.25, 0.3) is 11.0 Å². The monoisotopic (exact) mass is 344 g/mol. The number of para-hydroxylation sites is 2. The second kappa shape index (κ2) is 7.11. The van der Waals surface area contributed by atoms with E-state index in [4.69, 9.17) is 4.74 Å². The van der Waals surface area contributed by atoms with Gasteiger partial charge in [-0.3, -0.25) is 9.69 Å². The van der Waals surface area contributed by atoms with Crippen LogP contribution in [0.5, 0.6) is 0 Å². The van der Waals surface area contributed by atoms with E-state index in [-0.39, 0.29) is 11.9 Å². The summed E-state index contributed by atoms with van der Waals surface area (Å²) in [6.45, 7) is 2.38. The minimum absolute atomic E-state index is 0.0384. The van der Waals surface area contributed by atoms with Crippen LogP contribution in [-0.2, 0) is 16.1 Å². The van der Waals surface area contributed by atoms with Gasteiger partial charge in [-0.25, -0.2) is 4.98 Å². The molecule has 2 atom stereocenters. The summed E-state index contributed by atoms with van der Waals surface area (Å²) in [5.74, 6) is 0.703. The van der Waals surface area contributed by atoms with Gasteiger partial charge in [-0.2, -0.15) is 0 Å². The van der Waals surface area contributed by atoms with Gasteiger partial charge in [0.2, 0.25) is 5.91 Å². The number of ether oxygens (including phenoxy) is 1. The molecule has 0 bridgehead atoms. The van der Waals surface area contributed by atoms with Crippen molar-refractivity contribution in [1.29, 1.82) is 0 Å². The minimum atomic E-state index is -0.440. The third-order valence-electron chi connectivity index (χ3n) is 5.15. The van der Waals surface area contributed by atoms with Gasteiger partial charge in [0.25, 0.3) is 0 Å². The lowest BCUT2D eigenvalue weighted by Crippen LogP contribution is -2.49. The fourth-order valence-electron chi connectivity index (χ4n) is 3.89. The molecule has 1 aromatic heterocycles. The Morgan fingerprint density at radius 1 is 1.36 bits per heavy atom. The Morgan fingerprint density at radius 2 is 2.16 bits per heavy atom. The smallest absolute Gasteiger partial charge is 0.237 e. The largest absolute Gasteiger partial charge is 0.392 e. The van der Waals surface area contributed by atoms with Gasteiger partial charge in [0.05, 0.1) is 29.7 Å². The number of aliphatic hydroxyl groups is 1. The van der Waals surface area contributed by atoms with Gasteiger partial charge < -0.3 is 20.1 Å². The maximum atomic E-state index is 12.7. The van der Waals surface area contributed by atoms with E-state index >= 15 is 0 Å². The molecule has 2 fully saturated rings. The fourth-order valence-corrected chi connectivity index (χ4v) is 3.89. The fraction of sp³-hybridized carbons (Fsp3) is 0.556. The lowest BCUT2D eigenvalue weighted by molar-refractivity contribution is -0.127. The zero-order chi connectivity index (χ0) is 17.2. The van der Waals surface area contributed by atoms with E-state index in [1.807, 2.05) is 24.3 Å². The highest BCUT2D eigenvalue weighted by Gasteiger charge is 2.40. The summed E-state index contributed by atoms with van der Waals surface area (Å²) in [6, 6.07) is 7.84. The number of aromatic nitrogens is 2. The second-order valence-electron chi connectivity index (χ2n) is 6.86. The number of fused-ring (bicyclic) bond motifs is 1. The Bertz CT molecular complexity index is 708. The summed E-state index contributed by atoms with van der Waals surface area (Å²) >= 11 is 0. The Labute approximate surface area is 146 Å². The predicted molar refractivity (Wildman–Crippen MR) is 92.9 cm³/mol. The number of carbonyl (C=O) groups is 1. The second-order valence-corrected chi connectivity index (χ2v) is 6.86. The molecular weight excluding hydrogens is 320 g/mol. The van der Waals surface area contributed by atoms with Gasteiger partial charge in [0.15, 0.2) is 0 Å². The zero-order valence-corrected chi connectivity index (χ0v) is 14.1. The molecule has 7 heteroatoms. The van der Waals surface area contributed by atoms with Gasteiger partial charge in [0, 0.05) is 25.8 Å². The molecule has 0 spiro atoms. The highest BCUT2D eigenvalue weighted by molar-refractivity contribution is 5.82. The molecule has 0 aliphatic carbocycles. The minimum Gasteiger partial charge on any atom is -0.392 e. The molecule has 134 valence electrons. The van der Waals surface area contributed by atoms with Crippen molar-refractivity contribution < 1.29 is 14.6 Å². The average molecular weight is 344 g/mol. The van der Waals surface area contributed by atoms with Crippen LogP contribution < -0.4 is 5.32 Å². The van der Waals surface area contributed by atoms with Crippen molar-refractivity contribution in [3.63, 3.8) is 0 Å². The Hall–Kier alpha value is -1.96. The Balaban J connectivity index is 1.40. The van der Waals surface area contributed by atoms with E-state index in [0.717, 1.165) is 42.9 Å². The standard InChI is InChI=1S/C18H24N4O3/c23-13-9-16(22(11-13)12-5-7-25-8-6-12)18(24)19-10-17-20-14-3-1-2-4-15(14)21-17/h1-4,12-13,16,23H,5-11H2,(H,19,24)(H,20,21)/t13-,16+/m1/s1. The van der Waals surface area contributed by atoms with E-state index in [0.29, 0.717) is 25.6 Å². The molecule has 4 rings (SSSR count). The molecule has 2 aliphatic heterocycles. The third kappa shape index (κ3) is 3.53. The molecule has 3 heterocycles. The van der Waals surface area contributed by atoms with E-state index in [9.17, 15) is 9.90 Å². The van der Waals surface area contributed by atoms with Gasteiger partial charge >= 0.3 is 0 Å². The first-order valence-electron chi connectivity index (χ1n) is 8.93. The molecule has 0 saturated carbocycles. The molecule has 2 aliphatic rings. The number of aliphatic hydroxyl groups excluding tert-OH is 1. The first kappa shape index (κ1) is 16.5. The number of benzene rings is 1. The van der Waals surface area contributed by atoms with Crippen molar-refractivity contribution in [3.8, 4) is 0 Å². The molecular formula is C18H24N4O3. The number of rotatable bonds is 4. The normalized spacial score (nSPS) is 25.5. The summed E-state index contributed by atoms with van der Waals surface area (Å²) < 4.78 is 5.41. The van der Waals surface area contributed by atoms with Crippen molar-refractivity contribution in [3.05, 3.63) is 30.1 Å². The highest BCUT2D eigenvalue weighted by Crippen LogP contribution is 2.26. The number of hydrogen-bond donors (Lipinski definition) is 3. The molecule has 3 N–H and O–H groups in total. The van der Waals surface area contributed by atoms with E-state index in [1.165, 1.54) is 0 Å². The van der Waals surface area contributed by atoms with Crippen molar-refractivity contribution in [2.24, 2.45) is 0 Å². The van der Waals surface area contributed by atoms with Crippen LogP contribution in [0.1, 0.15) is 25.1 Å². The van der Waals surface area contributed by atoms with Gasteiger partial charge in [0.1, 0.15) is 5.82 Å². The number of aromatic amines is 1. The quantitative estimate of drug-likeness (QED) is 0.763. The number of carbonyl (C=O) groups excluding carboxylic acids is 1. The zero-order valence-electron chi connectivity index (χ0n) is 14.1. The van der Waals surface area contributed by atoms with Crippen molar-refractivity contribution in [1.82, 2.24) is 20.2 Å². The van der Waals surface area contributed by atoms with Crippen LogP contribution >= 0.6 is 0 Å². The van der Waals surface area contributed by atoms with Crippen LogP contribution in [0.4, 0.5) is 0 Å². The van der Waals surface area contributed by atoms with E-state index < -0.39 is 6.10 Å². The molecule has 0 unspecified atom stereocenters. The van der Waals surface area contributed by atoms with Crippen LogP contribution in [0.2, 0.25) is 0 Å². The molecule has 1 amide bonds. The maximum absolute atomic E-state index is 12.7. The van der Waals surface area contributed by atoms with Gasteiger partial charge in [-0.05, 0) is 31.4 Å². The first-order chi connectivity index (χ1) is 12.2. The number of hydrogen-bond acceptors (Lipinski definition) is 5. The third-order valence-corrected chi connectivity index (χ3v) is 5.15. The molecule has 2 saturated heterocycles. The topological polar surface area (TPSA) is 90.5 Å². The molecule has 25 heavy (non-hydrogen) atoms. The molecule has 2 aromatic rings. The summed E-state index contributed by atoms with van der Waals surface area (Å²) in [6.07, 6.45) is 1.88. The number of imidazole rings is 1. The lowest BCUT2D eigenvalue weighted by Gasteiger charge is -2.34. The Kier molecular flexibility index (Phi) is 4.70.